The molecular formula is C35H33F2N5O8S. The number of rotatable bonds is 9. The van der Waals surface area contributed by atoms with Gasteiger partial charge in [-0.1, -0.05) is 30.3 Å². The number of β-lactam (4-membered cyclic amide) rings is 1. The molecule has 4 atom stereocenters. The molecule has 3 saturated heterocycles. The Bertz CT molecular complexity index is 2060. The van der Waals surface area contributed by atoms with Crippen molar-refractivity contribution in [3.8, 4) is 0 Å². The lowest BCUT2D eigenvalue weighted by molar-refractivity contribution is -0.150. The van der Waals surface area contributed by atoms with E-state index in [1.54, 1.807) is 29.2 Å². The number of halogens is 2. The monoisotopic (exact) mass is 721 g/mol. The van der Waals surface area contributed by atoms with Gasteiger partial charge >= 0.3 is 11.9 Å². The van der Waals surface area contributed by atoms with Crippen LogP contribution in [0, 0.1) is 11.6 Å². The van der Waals surface area contributed by atoms with E-state index >= 15 is 8.78 Å². The SMILES string of the molecule is O=C(Cc1ccccc1)N[C@@H]1C(=O)N2C(C(=O)O)=C(COC(=O)c3cn(C4CC4)c4c(F)c(N5C[C@@H]6NCCO[C@@H]6C5)c(F)cc4c3=O)CS[C@H]12. The summed E-state index contributed by atoms with van der Waals surface area (Å²) in [6.07, 6.45) is 2.37. The van der Waals surface area contributed by atoms with E-state index in [4.69, 9.17) is 9.47 Å². The van der Waals surface area contributed by atoms with Gasteiger partial charge in [0, 0.05) is 43.2 Å². The number of thioether (sulfide) groups is 1. The molecule has 1 aliphatic carbocycles. The van der Waals surface area contributed by atoms with E-state index < -0.39 is 58.5 Å². The summed E-state index contributed by atoms with van der Waals surface area (Å²) in [7, 11) is 0. The number of aromatic nitrogens is 1. The molecule has 3 N–H and O–H groups in total. The zero-order valence-corrected chi connectivity index (χ0v) is 27.9. The van der Waals surface area contributed by atoms with E-state index in [0.717, 1.165) is 16.5 Å². The van der Waals surface area contributed by atoms with Crippen molar-refractivity contribution in [3.05, 3.63) is 86.8 Å². The van der Waals surface area contributed by atoms with E-state index in [2.05, 4.69) is 10.6 Å². The number of carboxylic acids is 1. The lowest BCUT2D eigenvalue weighted by Gasteiger charge is -2.49. The van der Waals surface area contributed by atoms with Crippen LogP contribution in [0.4, 0.5) is 14.5 Å². The number of hydrogen-bond donors (Lipinski definition) is 3. The normalized spacial score (nSPS) is 24.2. The van der Waals surface area contributed by atoms with Crippen LogP contribution >= 0.6 is 11.8 Å². The van der Waals surface area contributed by atoms with Crippen LogP contribution in [-0.2, 0) is 30.3 Å². The summed E-state index contributed by atoms with van der Waals surface area (Å²) < 4.78 is 44.6. The number of amides is 2. The standard InChI is InChI=1S/C35H33F2N5O8S/c36-22-11-20-29(26(37)30(22)40-13-23-24(14-40)49-9-8-38-23)41(19-6-7-19)12-21(31(20)44)35(48)50-15-18-16-51-33-27(32(45)42(33)28(18)34(46)47)39-25(43)10-17-4-2-1-3-5-17/h1-5,11-12,19,23-24,27,33,38H,6-10,13-16H2,(H,39,43)(H,46,47)/t23-,24+,27+,33+/m0/s1. The molecule has 0 bridgehead atoms. The van der Waals surface area contributed by atoms with Crippen molar-refractivity contribution in [2.24, 2.45) is 0 Å². The maximum absolute atomic E-state index is 16.3. The lowest BCUT2D eigenvalue weighted by Crippen LogP contribution is -2.70. The van der Waals surface area contributed by atoms with Crippen molar-refractivity contribution < 1.29 is 42.5 Å². The minimum Gasteiger partial charge on any atom is -0.477 e. The summed E-state index contributed by atoms with van der Waals surface area (Å²) in [5, 5.41) is 15.1. The molecular weight excluding hydrogens is 688 g/mol. The average Bonchev–Trinajstić information content (AvgIpc) is 3.88. The first-order valence-corrected chi connectivity index (χ1v) is 17.7. The Kier molecular flexibility index (Phi) is 8.55. The Hall–Kier alpha value is -4.80. The third kappa shape index (κ3) is 5.94. The largest absolute Gasteiger partial charge is 0.477 e. The number of benzene rings is 2. The average molecular weight is 722 g/mol. The molecule has 3 aromatic rings. The first-order chi connectivity index (χ1) is 24.6. The third-order valence-electron chi connectivity index (χ3n) is 9.92. The molecule has 8 rings (SSSR count). The molecule has 16 heteroatoms. The van der Waals surface area contributed by atoms with Gasteiger partial charge in [0.15, 0.2) is 5.82 Å². The molecule has 2 amide bonds. The van der Waals surface area contributed by atoms with Gasteiger partial charge in [-0.15, -0.1) is 11.8 Å². The molecule has 0 spiro atoms. The maximum Gasteiger partial charge on any atom is 0.352 e. The van der Waals surface area contributed by atoms with Crippen molar-refractivity contribution in [2.45, 2.75) is 48.9 Å². The molecule has 13 nitrogen and oxygen atoms in total. The fourth-order valence-corrected chi connectivity index (χ4v) is 8.64. The minimum absolute atomic E-state index is 0.0505. The van der Waals surface area contributed by atoms with Crippen LogP contribution in [0.2, 0.25) is 0 Å². The Morgan fingerprint density at radius 2 is 1.90 bits per heavy atom. The summed E-state index contributed by atoms with van der Waals surface area (Å²) in [4.78, 5) is 67.7. The maximum atomic E-state index is 16.3. The fourth-order valence-electron chi connectivity index (χ4n) is 7.31. The number of ether oxygens (including phenoxy) is 2. The molecule has 0 unspecified atom stereocenters. The Balaban J connectivity index is 1.02. The van der Waals surface area contributed by atoms with Crippen LogP contribution in [0.3, 0.4) is 0 Å². The zero-order chi connectivity index (χ0) is 35.6. The van der Waals surface area contributed by atoms with Gasteiger partial charge < -0.3 is 34.7 Å². The first kappa shape index (κ1) is 33.3. The molecule has 5 aliphatic rings. The topological polar surface area (TPSA) is 160 Å². The number of esters is 1. The summed E-state index contributed by atoms with van der Waals surface area (Å²) >= 11 is 1.20. The number of nitrogens with zero attached hydrogens (tertiary/aromatic N) is 3. The lowest BCUT2D eigenvalue weighted by atomic mass is 10.0. The highest BCUT2D eigenvalue weighted by Gasteiger charge is 2.54. The van der Waals surface area contributed by atoms with Gasteiger partial charge in [0.05, 0.1) is 36.1 Å². The number of anilines is 1. The number of hydrogen-bond acceptors (Lipinski definition) is 10. The van der Waals surface area contributed by atoms with Crippen molar-refractivity contribution in [2.75, 3.05) is 43.5 Å². The summed E-state index contributed by atoms with van der Waals surface area (Å²) in [5.74, 6) is -5.29. The van der Waals surface area contributed by atoms with Gasteiger partial charge in [-0.3, -0.25) is 19.3 Å². The first-order valence-electron chi connectivity index (χ1n) is 16.7. The van der Waals surface area contributed by atoms with Crippen molar-refractivity contribution in [1.29, 1.82) is 0 Å². The van der Waals surface area contributed by atoms with Crippen molar-refractivity contribution >= 4 is 52.1 Å². The molecule has 51 heavy (non-hydrogen) atoms. The van der Waals surface area contributed by atoms with Crippen molar-refractivity contribution in [1.82, 2.24) is 20.1 Å². The number of nitrogens with one attached hydrogen (secondary N) is 2. The Labute approximate surface area is 293 Å². The van der Waals surface area contributed by atoms with E-state index in [-0.39, 0.29) is 70.7 Å². The molecule has 5 heterocycles. The quantitative estimate of drug-likeness (QED) is 0.219. The number of carboxylic acid groups (broad SMARTS) is 1. The van der Waals surface area contributed by atoms with Crippen LogP contribution in [0.25, 0.3) is 10.9 Å². The highest BCUT2D eigenvalue weighted by molar-refractivity contribution is 8.00. The van der Waals surface area contributed by atoms with Crippen LogP contribution in [-0.4, -0.2) is 100 Å². The van der Waals surface area contributed by atoms with Crippen LogP contribution in [0.15, 0.2) is 58.7 Å². The van der Waals surface area contributed by atoms with Gasteiger partial charge in [0.25, 0.3) is 5.91 Å². The van der Waals surface area contributed by atoms with E-state index in [0.29, 0.717) is 32.5 Å². The van der Waals surface area contributed by atoms with Gasteiger partial charge in [-0.05, 0) is 24.5 Å². The van der Waals surface area contributed by atoms with Crippen LogP contribution in [0.5, 0.6) is 0 Å². The summed E-state index contributed by atoms with van der Waals surface area (Å²) in [6.45, 7) is 1.18. The predicted octanol–water partition coefficient (Wildman–Crippen LogP) is 1.93. The van der Waals surface area contributed by atoms with Gasteiger partial charge in [0.2, 0.25) is 11.3 Å². The zero-order valence-electron chi connectivity index (χ0n) is 27.1. The molecule has 4 fully saturated rings. The van der Waals surface area contributed by atoms with Gasteiger partial charge in [0.1, 0.15) is 40.8 Å². The predicted molar refractivity (Wildman–Crippen MR) is 180 cm³/mol. The number of pyridine rings is 1. The number of morpholine rings is 1. The van der Waals surface area contributed by atoms with Crippen LogP contribution < -0.4 is 21.0 Å². The second kappa shape index (κ2) is 13.1. The number of aliphatic carboxylic acids is 1. The van der Waals surface area contributed by atoms with E-state index in [1.807, 2.05) is 6.07 Å². The smallest absolute Gasteiger partial charge is 0.352 e. The molecule has 2 aromatic carbocycles. The molecule has 4 aliphatic heterocycles. The fraction of sp³-hybridized carbons (Fsp3) is 0.400. The van der Waals surface area contributed by atoms with E-state index in [1.165, 1.54) is 22.5 Å². The third-order valence-corrected chi connectivity index (χ3v) is 11.3. The van der Waals surface area contributed by atoms with Crippen LogP contribution in [0.1, 0.15) is 34.8 Å². The Morgan fingerprint density at radius 3 is 2.63 bits per heavy atom. The van der Waals surface area contributed by atoms with E-state index in [9.17, 15) is 29.1 Å². The molecule has 1 aromatic heterocycles. The second-order valence-electron chi connectivity index (χ2n) is 13.3. The highest BCUT2D eigenvalue weighted by atomic mass is 32.2. The Morgan fingerprint density at radius 1 is 1.12 bits per heavy atom. The molecule has 0 radical (unpaired) electrons. The summed E-state index contributed by atoms with van der Waals surface area (Å²) in [5.41, 5.74) is -1.22. The minimum atomic E-state index is -1.42. The van der Waals surface area contributed by atoms with Gasteiger partial charge in [-0.25, -0.2) is 18.4 Å². The number of carbonyl (C=O) groups excluding carboxylic acids is 3. The highest BCUT2D eigenvalue weighted by Crippen LogP contribution is 2.42. The summed E-state index contributed by atoms with van der Waals surface area (Å²) in [6, 6.07) is 8.68. The number of carbonyl (C=O) groups is 4. The van der Waals surface area contributed by atoms with Gasteiger partial charge in [-0.2, -0.15) is 0 Å². The molecule has 266 valence electrons. The number of fused-ring (bicyclic) bond motifs is 3. The van der Waals surface area contributed by atoms with Crippen molar-refractivity contribution in [3.63, 3.8) is 0 Å². The second-order valence-corrected chi connectivity index (χ2v) is 14.4. The molecule has 1 saturated carbocycles.